The van der Waals surface area contributed by atoms with Crippen molar-refractivity contribution in [2.24, 2.45) is 5.92 Å². The number of fused-ring (bicyclic) bond motifs is 1. The van der Waals surface area contributed by atoms with E-state index in [2.05, 4.69) is 15.5 Å². The van der Waals surface area contributed by atoms with E-state index in [1.165, 1.54) is 0 Å². The summed E-state index contributed by atoms with van der Waals surface area (Å²) in [6.07, 6.45) is 3.38. The molecule has 3 N–H and O–H groups in total. The number of nitrogens with zero attached hydrogens (tertiary/aromatic N) is 1. The Bertz CT molecular complexity index is 645. The number of carboxylic acids is 1. The lowest BCUT2D eigenvalue weighted by molar-refractivity contribution is -0.139. The molecule has 1 aromatic heterocycles. The normalized spacial score (nSPS) is 16.2. The van der Waals surface area contributed by atoms with Gasteiger partial charge >= 0.3 is 5.97 Å². The minimum absolute atomic E-state index is 0.0670. The van der Waals surface area contributed by atoms with Crippen LogP contribution in [-0.4, -0.2) is 33.2 Å². The van der Waals surface area contributed by atoms with Gasteiger partial charge in [0.1, 0.15) is 6.04 Å². The maximum absolute atomic E-state index is 12.0. The maximum Gasteiger partial charge on any atom is 0.326 e. The molecule has 0 spiro atoms. The molecule has 0 radical (unpaired) electrons. The van der Waals surface area contributed by atoms with Crippen molar-refractivity contribution >= 4 is 22.8 Å². The fourth-order valence-corrected chi connectivity index (χ4v) is 2.11. The highest BCUT2D eigenvalue weighted by atomic mass is 16.4. The predicted octanol–water partition coefficient (Wildman–Crippen LogP) is 1.16. The van der Waals surface area contributed by atoms with Gasteiger partial charge < -0.3 is 10.4 Å². The molecule has 1 atom stereocenters. The number of carboxylic acid groups (broad SMARTS) is 1. The summed E-state index contributed by atoms with van der Waals surface area (Å²) in [6, 6.07) is 4.33. The minimum atomic E-state index is -0.974. The zero-order chi connectivity index (χ0) is 13.4. The summed E-state index contributed by atoms with van der Waals surface area (Å²) in [5.41, 5.74) is 1.19. The van der Waals surface area contributed by atoms with Crippen molar-refractivity contribution in [2.75, 3.05) is 0 Å². The molecule has 6 nitrogen and oxygen atoms in total. The number of carbonyl (C=O) groups is 2. The number of aromatic amines is 1. The Morgan fingerprint density at radius 2 is 2.21 bits per heavy atom. The first-order chi connectivity index (χ1) is 9.15. The van der Waals surface area contributed by atoms with Crippen LogP contribution in [0.5, 0.6) is 0 Å². The molecule has 1 aliphatic rings. The maximum atomic E-state index is 12.0. The molecule has 1 aromatic carbocycles. The van der Waals surface area contributed by atoms with E-state index in [0.29, 0.717) is 5.56 Å². The number of benzene rings is 1. The van der Waals surface area contributed by atoms with Gasteiger partial charge in [-0.15, -0.1) is 0 Å². The van der Waals surface area contributed by atoms with Crippen LogP contribution in [0.1, 0.15) is 23.2 Å². The highest BCUT2D eigenvalue weighted by Crippen LogP contribution is 2.32. The number of rotatable bonds is 4. The molecule has 6 heteroatoms. The van der Waals surface area contributed by atoms with E-state index in [-0.39, 0.29) is 11.8 Å². The molecular formula is C13H13N3O3. The third kappa shape index (κ3) is 2.29. The van der Waals surface area contributed by atoms with Gasteiger partial charge in [0.15, 0.2) is 0 Å². The molecule has 1 aliphatic carbocycles. The molecule has 1 fully saturated rings. The lowest BCUT2D eigenvalue weighted by Gasteiger charge is -2.13. The van der Waals surface area contributed by atoms with Crippen LogP contribution in [0.2, 0.25) is 0 Å². The van der Waals surface area contributed by atoms with Crippen LogP contribution >= 0.6 is 0 Å². The molecule has 0 bridgehead atoms. The molecule has 1 saturated carbocycles. The average molecular weight is 259 g/mol. The van der Waals surface area contributed by atoms with Gasteiger partial charge in [-0.05, 0) is 30.9 Å². The Kier molecular flexibility index (Phi) is 2.70. The zero-order valence-electron chi connectivity index (χ0n) is 10.1. The predicted molar refractivity (Wildman–Crippen MR) is 67.7 cm³/mol. The fraction of sp³-hybridized carbons (Fsp3) is 0.308. The van der Waals surface area contributed by atoms with Gasteiger partial charge in [0.25, 0.3) is 5.91 Å². The SMILES string of the molecule is O=C(NC(C(=O)O)C1CC1)c1ccc2cn[nH]c2c1. The van der Waals surface area contributed by atoms with Gasteiger partial charge in [-0.3, -0.25) is 9.89 Å². The molecule has 1 amide bonds. The summed E-state index contributed by atoms with van der Waals surface area (Å²) < 4.78 is 0. The van der Waals surface area contributed by atoms with Crippen LogP contribution in [-0.2, 0) is 4.79 Å². The van der Waals surface area contributed by atoms with Crippen molar-refractivity contribution in [3.8, 4) is 0 Å². The highest BCUT2D eigenvalue weighted by molar-refractivity contribution is 5.99. The highest BCUT2D eigenvalue weighted by Gasteiger charge is 2.37. The second kappa shape index (κ2) is 4.38. The van der Waals surface area contributed by atoms with Crippen molar-refractivity contribution < 1.29 is 14.7 Å². The quantitative estimate of drug-likeness (QED) is 0.767. The number of aromatic nitrogens is 2. The first-order valence-electron chi connectivity index (χ1n) is 6.12. The number of carbonyl (C=O) groups excluding carboxylic acids is 1. The minimum Gasteiger partial charge on any atom is -0.480 e. The van der Waals surface area contributed by atoms with Crippen LogP contribution in [0.3, 0.4) is 0 Å². The Morgan fingerprint density at radius 3 is 2.89 bits per heavy atom. The van der Waals surface area contributed by atoms with E-state index in [4.69, 9.17) is 5.11 Å². The van der Waals surface area contributed by atoms with Crippen LogP contribution in [0.15, 0.2) is 24.4 Å². The molecule has 1 unspecified atom stereocenters. The molecule has 0 saturated heterocycles. The Labute approximate surface area is 108 Å². The van der Waals surface area contributed by atoms with Gasteiger partial charge in [0, 0.05) is 10.9 Å². The van der Waals surface area contributed by atoms with Crippen molar-refractivity contribution in [1.29, 1.82) is 0 Å². The third-order valence-electron chi connectivity index (χ3n) is 3.35. The van der Waals surface area contributed by atoms with Crippen LogP contribution in [0.25, 0.3) is 10.9 Å². The zero-order valence-corrected chi connectivity index (χ0v) is 10.1. The van der Waals surface area contributed by atoms with E-state index < -0.39 is 12.0 Å². The summed E-state index contributed by atoms with van der Waals surface area (Å²) in [4.78, 5) is 23.1. The lowest BCUT2D eigenvalue weighted by Crippen LogP contribution is -2.42. The molecule has 2 aromatic rings. The number of hydrogen-bond acceptors (Lipinski definition) is 3. The number of hydrogen-bond donors (Lipinski definition) is 3. The summed E-state index contributed by atoms with van der Waals surface area (Å²) in [6.45, 7) is 0. The largest absolute Gasteiger partial charge is 0.480 e. The lowest BCUT2D eigenvalue weighted by atomic mass is 10.1. The van der Waals surface area contributed by atoms with E-state index in [9.17, 15) is 9.59 Å². The van der Waals surface area contributed by atoms with Gasteiger partial charge in [-0.1, -0.05) is 6.07 Å². The van der Waals surface area contributed by atoms with Crippen molar-refractivity contribution in [2.45, 2.75) is 18.9 Å². The second-order valence-electron chi connectivity index (χ2n) is 4.80. The first kappa shape index (κ1) is 11.7. The van der Waals surface area contributed by atoms with E-state index in [0.717, 1.165) is 23.7 Å². The van der Waals surface area contributed by atoms with Gasteiger partial charge in [0.2, 0.25) is 0 Å². The average Bonchev–Trinajstić information content (AvgIpc) is 3.11. The molecule has 98 valence electrons. The van der Waals surface area contributed by atoms with E-state index in [1.54, 1.807) is 24.4 Å². The van der Waals surface area contributed by atoms with Crippen molar-refractivity contribution in [3.05, 3.63) is 30.0 Å². The standard InChI is InChI=1S/C13H13N3O3/c17-12(15-11(13(18)19)7-1-2-7)8-3-4-9-6-14-16-10(9)5-8/h3-7,11H,1-2H2,(H,14,16)(H,15,17)(H,18,19). The Morgan fingerprint density at radius 1 is 1.42 bits per heavy atom. The topological polar surface area (TPSA) is 95.1 Å². The number of aliphatic carboxylic acids is 1. The fourth-order valence-electron chi connectivity index (χ4n) is 2.11. The number of amides is 1. The van der Waals surface area contributed by atoms with E-state index in [1.807, 2.05) is 0 Å². The summed E-state index contributed by atoms with van der Waals surface area (Å²) in [7, 11) is 0. The number of H-pyrrole nitrogens is 1. The van der Waals surface area contributed by atoms with Crippen molar-refractivity contribution in [1.82, 2.24) is 15.5 Å². The molecule has 1 heterocycles. The summed E-state index contributed by atoms with van der Waals surface area (Å²) in [5.74, 6) is -1.27. The monoisotopic (exact) mass is 259 g/mol. The molecular weight excluding hydrogens is 246 g/mol. The van der Waals surface area contributed by atoms with Gasteiger partial charge in [-0.2, -0.15) is 5.10 Å². The van der Waals surface area contributed by atoms with Crippen LogP contribution in [0, 0.1) is 5.92 Å². The Hall–Kier alpha value is -2.37. The third-order valence-corrected chi connectivity index (χ3v) is 3.35. The van der Waals surface area contributed by atoms with Gasteiger partial charge in [0.05, 0.1) is 11.7 Å². The number of nitrogens with one attached hydrogen (secondary N) is 2. The van der Waals surface area contributed by atoms with Gasteiger partial charge in [-0.25, -0.2) is 4.79 Å². The second-order valence-corrected chi connectivity index (χ2v) is 4.80. The smallest absolute Gasteiger partial charge is 0.326 e. The van der Waals surface area contributed by atoms with Crippen LogP contribution in [0.4, 0.5) is 0 Å². The molecule has 19 heavy (non-hydrogen) atoms. The molecule has 3 rings (SSSR count). The van der Waals surface area contributed by atoms with E-state index >= 15 is 0 Å². The van der Waals surface area contributed by atoms with Crippen LogP contribution < -0.4 is 5.32 Å². The Balaban J connectivity index is 1.80. The summed E-state index contributed by atoms with van der Waals surface area (Å²) >= 11 is 0. The van der Waals surface area contributed by atoms with Crippen molar-refractivity contribution in [3.63, 3.8) is 0 Å². The first-order valence-corrected chi connectivity index (χ1v) is 6.12. The molecule has 0 aliphatic heterocycles. The summed E-state index contributed by atoms with van der Waals surface area (Å²) in [5, 5.41) is 19.2.